The number of carbonyl (C=O) groups excluding carboxylic acids is 4. The minimum atomic E-state index is -0.827. The topological polar surface area (TPSA) is 96.0 Å². The molecule has 1 aliphatic heterocycles. The van der Waals surface area contributed by atoms with E-state index >= 15 is 0 Å². The normalized spacial score (nSPS) is 19.2. The summed E-state index contributed by atoms with van der Waals surface area (Å²) in [6.07, 6.45) is 3.99. The first-order valence-electron chi connectivity index (χ1n) is 10.00. The molecule has 1 saturated heterocycles. The number of amides is 4. The number of halogens is 1. The number of likely N-dealkylation sites (N-methyl/N-ethyl adjacent to an activating group) is 1. The molecule has 1 atom stereocenters. The Morgan fingerprint density at radius 2 is 1.80 bits per heavy atom. The Morgan fingerprint density at radius 3 is 2.40 bits per heavy atom. The third kappa shape index (κ3) is 4.35. The summed E-state index contributed by atoms with van der Waals surface area (Å²) in [5, 5.41) is 2.77. The van der Waals surface area contributed by atoms with E-state index in [2.05, 4.69) is 21.2 Å². The van der Waals surface area contributed by atoms with Gasteiger partial charge in [0.15, 0.2) is 0 Å². The molecule has 0 aromatic heterocycles. The summed E-state index contributed by atoms with van der Waals surface area (Å²) in [5.74, 6) is -1.29. The van der Waals surface area contributed by atoms with E-state index in [0.717, 1.165) is 34.2 Å². The highest BCUT2D eigenvalue weighted by molar-refractivity contribution is 9.10. The predicted molar refractivity (Wildman–Crippen MR) is 112 cm³/mol. The molecule has 30 heavy (non-hydrogen) atoms. The molecule has 2 aliphatic rings. The summed E-state index contributed by atoms with van der Waals surface area (Å²) in [6.45, 7) is -0.377. The largest absolute Gasteiger partial charge is 0.469 e. The molecule has 8 nitrogen and oxygen atoms in total. The van der Waals surface area contributed by atoms with Gasteiger partial charge in [-0.1, -0.05) is 47.3 Å². The minimum Gasteiger partial charge on any atom is -0.469 e. The van der Waals surface area contributed by atoms with Crippen LogP contribution in [0.5, 0.6) is 0 Å². The number of methoxy groups -OCH3 is 1. The third-order valence-electron chi connectivity index (χ3n) is 5.99. The smallest absolute Gasteiger partial charge is 0.327 e. The van der Waals surface area contributed by atoms with Crippen LogP contribution in [0.25, 0.3) is 0 Å². The van der Waals surface area contributed by atoms with Gasteiger partial charge in [-0.15, -0.1) is 0 Å². The van der Waals surface area contributed by atoms with E-state index in [4.69, 9.17) is 4.74 Å². The van der Waals surface area contributed by atoms with Crippen LogP contribution in [-0.4, -0.2) is 59.9 Å². The second-order valence-corrected chi connectivity index (χ2v) is 8.69. The van der Waals surface area contributed by atoms with Gasteiger partial charge < -0.3 is 15.0 Å². The Balaban J connectivity index is 1.73. The fourth-order valence-electron chi connectivity index (χ4n) is 4.25. The van der Waals surface area contributed by atoms with Crippen molar-refractivity contribution in [2.24, 2.45) is 0 Å². The highest BCUT2D eigenvalue weighted by Crippen LogP contribution is 2.39. The van der Waals surface area contributed by atoms with Crippen molar-refractivity contribution in [3.8, 4) is 0 Å². The lowest BCUT2D eigenvalue weighted by molar-refractivity contribution is -0.142. The highest BCUT2D eigenvalue weighted by atomic mass is 79.9. The van der Waals surface area contributed by atoms with Gasteiger partial charge in [-0.3, -0.25) is 19.3 Å². The van der Waals surface area contributed by atoms with Gasteiger partial charge in [0.05, 0.1) is 19.6 Å². The summed E-state index contributed by atoms with van der Waals surface area (Å²) < 4.78 is 5.60. The van der Waals surface area contributed by atoms with Crippen molar-refractivity contribution in [1.82, 2.24) is 15.1 Å². The fourth-order valence-corrected chi connectivity index (χ4v) is 4.52. The SMILES string of the molecule is COC(=O)CC(NC(=O)CN1C(=O)N(C)C2(CCCCC2)C1=O)c1ccc(Br)cc1. The van der Waals surface area contributed by atoms with Crippen LogP contribution < -0.4 is 5.32 Å². The fraction of sp³-hybridized carbons (Fsp3) is 0.524. The molecule has 1 spiro atoms. The number of nitrogens with one attached hydrogen (secondary N) is 1. The number of urea groups is 1. The Bertz CT molecular complexity index is 836. The van der Waals surface area contributed by atoms with Crippen molar-refractivity contribution < 1.29 is 23.9 Å². The molecule has 1 saturated carbocycles. The number of hydrogen-bond donors (Lipinski definition) is 1. The van der Waals surface area contributed by atoms with Gasteiger partial charge in [0, 0.05) is 11.5 Å². The maximum absolute atomic E-state index is 13.1. The lowest BCUT2D eigenvalue weighted by atomic mass is 9.81. The molecule has 3 rings (SSSR count). The molecule has 162 valence electrons. The maximum atomic E-state index is 13.1. The highest BCUT2D eigenvalue weighted by Gasteiger charge is 2.55. The van der Waals surface area contributed by atoms with E-state index in [0.29, 0.717) is 12.8 Å². The molecule has 1 aliphatic carbocycles. The van der Waals surface area contributed by atoms with Crippen molar-refractivity contribution >= 4 is 39.7 Å². The van der Waals surface area contributed by atoms with Crippen molar-refractivity contribution in [3.63, 3.8) is 0 Å². The zero-order valence-electron chi connectivity index (χ0n) is 17.2. The van der Waals surface area contributed by atoms with Crippen LogP contribution in [-0.2, 0) is 19.1 Å². The molecule has 0 radical (unpaired) electrons. The summed E-state index contributed by atoms with van der Waals surface area (Å²) in [5.41, 5.74) is -0.107. The number of benzene rings is 1. The van der Waals surface area contributed by atoms with E-state index in [1.54, 1.807) is 31.3 Å². The molecular weight excluding hydrogens is 454 g/mol. The van der Waals surface area contributed by atoms with Crippen LogP contribution in [0.4, 0.5) is 4.79 Å². The first-order chi connectivity index (χ1) is 14.3. The second-order valence-electron chi connectivity index (χ2n) is 7.78. The van der Waals surface area contributed by atoms with Gasteiger partial charge in [0.25, 0.3) is 5.91 Å². The molecule has 1 unspecified atom stereocenters. The Hall–Kier alpha value is -2.42. The Labute approximate surface area is 184 Å². The van der Waals surface area contributed by atoms with E-state index < -0.39 is 29.5 Å². The van der Waals surface area contributed by atoms with Gasteiger partial charge >= 0.3 is 12.0 Å². The van der Waals surface area contributed by atoms with Crippen LogP contribution >= 0.6 is 15.9 Å². The second kappa shape index (κ2) is 9.16. The van der Waals surface area contributed by atoms with Crippen LogP contribution in [0.2, 0.25) is 0 Å². The molecule has 4 amide bonds. The molecular formula is C21H26BrN3O5. The lowest BCUT2D eigenvalue weighted by Crippen LogP contribution is -2.49. The molecule has 2 fully saturated rings. The Kier molecular flexibility index (Phi) is 6.80. The minimum absolute atomic E-state index is 0.0599. The van der Waals surface area contributed by atoms with E-state index in [1.165, 1.54) is 12.0 Å². The van der Waals surface area contributed by atoms with Gasteiger partial charge in [0.2, 0.25) is 5.91 Å². The van der Waals surface area contributed by atoms with Crippen molar-refractivity contribution in [2.45, 2.75) is 50.1 Å². The number of rotatable bonds is 6. The van der Waals surface area contributed by atoms with E-state index in [-0.39, 0.29) is 18.9 Å². The number of carbonyl (C=O) groups is 4. The van der Waals surface area contributed by atoms with Gasteiger partial charge in [-0.2, -0.15) is 0 Å². The van der Waals surface area contributed by atoms with Crippen LogP contribution in [0.15, 0.2) is 28.7 Å². The first kappa shape index (κ1) is 22.3. The van der Waals surface area contributed by atoms with Crippen LogP contribution in [0.1, 0.15) is 50.1 Å². The molecule has 1 aromatic carbocycles. The number of nitrogens with zero attached hydrogens (tertiary/aromatic N) is 2. The van der Waals surface area contributed by atoms with Gasteiger partial charge in [-0.05, 0) is 30.5 Å². The zero-order valence-corrected chi connectivity index (χ0v) is 18.7. The molecule has 9 heteroatoms. The van der Waals surface area contributed by atoms with E-state index in [9.17, 15) is 19.2 Å². The molecule has 0 bridgehead atoms. The summed E-state index contributed by atoms with van der Waals surface area (Å²) in [4.78, 5) is 52.9. The summed E-state index contributed by atoms with van der Waals surface area (Å²) in [6, 6.07) is 6.10. The third-order valence-corrected chi connectivity index (χ3v) is 6.52. The maximum Gasteiger partial charge on any atom is 0.327 e. The molecule has 1 aromatic rings. The monoisotopic (exact) mass is 479 g/mol. The summed E-state index contributed by atoms with van der Waals surface area (Å²) >= 11 is 3.36. The van der Waals surface area contributed by atoms with Crippen LogP contribution in [0, 0.1) is 0 Å². The average Bonchev–Trinajstić information content (AvgIpc) is 2.90. The molecule has 1 heterocycles. The lowest BCUT2D eigenvalue weighted by Gasteiger charge is -2.35. The number of imide groups is 1. The summed E-state index contributed by atoms with van der Waals surface area (Å²) in [7, 11) is 2.91. The number of esters is 1. The molecule has 1 N–H and O–H groups in total. The zero-order chi connectivity index (χ0) is 21.9. The predicted octanol–water partition coefficient (Wildman–Crippen LogP) is 2.77. The van der Waals surface area contributed by atoms with Crippen molar-refractivity contribution in [1.29, 1.82) is 0 Å². The standard InChI is InChI=1S/C21H26BrN3O5/c1-24-20(29)25(19(28)21(24)10-4-3-5-11-21)13-17(26)23-16(12-18(27)30-2)14-6-8-15(22)9-7-14/h6-9,16H,3-5,10-13H2,1-2H3,(H,23,26). The van der Waals surface area contributed by atoms with Crippen molar-refractivity contribution in [3.05, 3.63) is 34.3 Å². The number of hydrogen-bond acceptors (Lipinski definition) is 5. The van der Waals surface area contributed by atoms with E-state index in [1.807, 2.05) is 0 Å². The quantitative estimate of drug-likeness (QED) is 0.499. The first-order valence-corrected chi connectivity index (χ1v) is 10.8. The Morgan fingerprint density at radius 1 is 1.17 bits per heavy atom. The average molecular weight is 480 g/mol. The van der Waals surface area contributed by atoms with Gasteiger partial charge in [0.1, 0.15) is 12.1 Å². The van der Waals surface area contributed by atoms with Gasteiger partial charge in [-0.25, -0.2) is 4.79 Å². The van der Waals surface area contributed by atoms with Crippen LogP contribution in [0.3, 0.4) is 0 Å². The van der Waals surface area contributed by atoms with Crippen molar-refractivity contribution in [2.75, 3.05) is 20.7 Å². The number of ether oxygens (including phenoxy) is 1.